The minimum Gasteiger partial charge on any atom is -0.367 e. The third kappa shape index (κ3) is 0.838. The number of rotatable bonds is 0. The summed E-state index contributed by atoms with van der Waals surface area (Å²) >= 11 is 5.16. The molecule has 0 aliphatic heterocycles. The quantitative estimate of drug-likeness (QED) is 0.544. The van der Waals surface area contributed by atoms with Crippen molar-refractivity contribution < 1.29 is 4.52 Å². The molecule has 3 nitrogen and oxygen atoms in total. The largest absolute Gasteiger partial charge is 0.367 e. The van der Waals surface area contributed by atoms with Crippen LogP contribution in [0.15, 0.2) is 15.4 Å². The van der Waals surface area contributed by atoms with Crippen molar-refractivity contribution in [2.45, 2.75) is 0 Å². The molecule has 4 heteroatoms. The van der Waals surface area contributed by atoms with Crippen LogP contribution in [0.25, 0.3) is 0 Å². The van der Waals surface area contributed by atoms with Crippen molar-refractivity contribution in [3.8, 4) is 0 Å². The Bertz CT molecular complexity index is 201. The van der Waals surface area contributed by atoms with Gasteiger partial charge in [-0.3, -0.25) is 4.79 Å². The first-order chi connectivity index (χ1) is 3.29. The Kier molecular flexibility index (Phi) is 0.906. The summed E-state index contributed by atoms with van der Waals surface area (Å²) in [5, 5.41) is 2.09. The standard InChI is InChI=1S/C3H2ClNO2/c4-2-1-3(6)5-7-2/h1H,(H,5,6). The van der Waals surface area contributed by atoms with Crippen molar-refractivity contribution >= 4 is 11.6 Å². The van der Waals surface area contributed by atoms with E-state index in [-0.39, 0.29) is 10.8 Å². The predicted octanol–water partition coefficient (Wildman–Crippen LogP) is 0.621. The molecule has 1 heterocycles. The van der Waals surface area contributed by atoms with Crippen molar-refractivity contribution in [1.29, 1.82) is 0 Å². The van der Waals surface area contributed by atoms with Gasteiger partial charge in [-0.05, 0) is 11.6 Å². The van der Waals surface area contributed by atoms with E-state index in [9.17, 15) is 4.79 Å². The number of hydrogen-bond acceptors (Lipinski definition) is 2. The molecule has 1 rings (SSSR count). The van der Waals surface area contributed by atoms with Crippen LogP contribution >= 0.6 is 11.6 Å². The molecule has 0 amide bonds. The van der Waals surface area contributed by atoms with Crippen LogP contribution in [0.1, 0.15) is 0 Å². The van der Waals surface area contributed by atoms with Crippen LogP contribution < -0.4 is 5.56 Å². The van der Waals surface area contributed by atoms with Gasteiger partial charge < -0.3 is 4.52 Å². The third-order valence-corrected chi connectivity index (χ3v) is 0.680. The average molecular weight is 120 g/mol. The van der Waals surface area contributed by atoms with Crippen LogP contribution in [-0.4, -0.2) is 5.16 Å². The molecule has 0 aliphatic rings. The molecule has 0 unspecified atom stereocenters. The molecule has 1 aromatic rings. The Hall–Kier alpha value is -0.700. The summed E-state index contributed by atoms with van der Waals surface area (Å²) in [6.07, 6.45) is 0. The van der Waals surface area contributed by atoms with Gasteiger partial charge in [0.2, 0.25) is 5.22 Å². The lowest BCUT2D eigenvalue weighted by atomic mass is 10.7. The second-order valence-electron chi connectivity index (χ2n) is 1.02. The van der Waals surface area contributed by atoms with E-state index in [1.807, 2.05) is 5.16 Å². The zero-order valence-electron chi connectivity index (χ0n) is 3.27. The van der Waals surface area contributed by atoms with Gasteiger partial charge in [-0.15, -0.1) is 0 Å². The summed E-state index contributed by atoms with van der Waals surface area (Å²) in [7, 11) is 0. The Balaban J connectivity index is 3.30. The monoisotopic (exact) mass is 119 g/mol. The van der Waals surface area contributed by atoms with Gasteiger partial charge in [0.1, 0.15) is 0 Å². The lowest BCUT2D eigenvalue weighted by Crippen LogP contribution is -1.92. The normalized spacial score (nSPS) is 9.29. The molecule has 0 fully saturated rings. The highest BCUT2D eigenvalue weighted by Gasteiger charge is 1.88. The van der Waals surface area contributed by atoms with E-state index in [1.54, 1.807) is 0 Å². The third-order valence-electron chi connectivity index (χ3n) is 0.494. The minimum atomic E-state index is -0.315. The van der Waals surface area contributed by atoms with Crippen molar-refractivity contribution in [2.75, 3.05) is 0 Å². The van der Waals surface area contributed by atoms with Crippen molar-refractivity contribution in [2.24, 2.45) is 0 Å². The summed E-state index contributed by atoms with van der Waals surface area (Å²) in [4.78, 5) is 10.1. The first-order valence-electron chi connectivity index (χ1n) is 1.63. The number of nitrogens with one attached hydrogen (secondary N) is 1. The highest BCUT2D eigenvalue weighted by atomic mass is 35.5. The fraction of sp³-hybridized carbons (Fsp3) is 0. The second kappa shape index (κ2) is 1.42. The lowest BCUT2D eigenvalue weighted by Gasteiger charge is -1.63. The molecule has 0 radical (unpaired) electrons. The zero-order chi connectivity index (χ0) is 5.28. The highest BCUT2D eigenvalue weighted by Crippen LogP contribution is 1.98. The van der Waals surface area contributed by atoms with Crippen molar-refractivity contribution in [1.82, 2.24) is 5.16 Å². The van der Waals surface area contributed by atoms with E-state index in [0.29, 0.717) is 0 Å². The Morgan fingerprint density at radius 2 is 2.57 bits per heavy atom. The van der Waals surface area contributed by atoms with E-state index < -0.39 is 0 Å². The highest BCUT2D eigenvalue weighted by molar-refractivity contribution is 6.28. The summed E-state index contributed by atoms with van der Waals surface area (Å²) < 4.78 is 4.29. The van der Waals surface area contributed by atoms with Gasteiger partial charge in [0.15, 0.2) is 0 Å². The molecule has 0 bridgehead atoms. The molecular formula is C3H2ClNO2. The van der Waals surface area contributed by atoms with Crippen LogP contribution in [0.4, 0.5) is 0 Å². The SMILES string of the molecule is O=c1cc(Cl)o[nH]1. The molecule has 0 aliphatic carbocycles. The fourth-order valence-electron chi connectivity index (χ4n) is 0.261. The van der Waals surface area contributed by atoms with E-state index in [0.717, 1.165) is 6.07 Å². The zero-order valence-corrected chi connectivity index (χ0v) is 4.03. The molecular weight excluding hydrogens is 117 g/mol. The second-order valence-corrected chi connectivity index (χ2v) is 1.39. The number of aromatic amines is 1. The van der Waals surface area contributed by atoms with E-state index >= 15 is 0 Å². The smallest absolute Gasteiger partial charge is 0.281 e. The molecule has 38 valence electrons. The van der Waals surface area contributed by atoms with Crippen molar-refractivity contribution in [3.05, 3.63) is 21.6 Å². The van der Waals surface area contributed by atoms with Gasteiger partial charge >= 0.3 is 0 Å². The van der Waals surface area contributed by atoms with Gasteiger partial charge in [-0.1, -0.05) is 0 Å². The van der Waals surface area contributed by atoms with Gasteiger partial charge in [-0.2, -0.15) is 5.16 Å². The van der Waals surface area contributed by atoms with Crippen LogP contribution in [0.2, 0.25) is 5.22 Å². The van der Waals surface area contributed by atoms with Gasteiger partial charge in [0.25, 0.3) is 5.56 Å². The molecule has 1 aromatic heterocycles. The number of H-pyrrole nitrogens is 1. The first kappa shape index (κ1) is 4.46. The fourth-order valence-corrected chi connectivity index (χ4v) is 0.399. The molecule has 0 saturated heterocycles. The minimum absolute atomic E-state index is 0.0880. The Labute approximate surface area is 43.9 Å². The van der Waals surface area contributed by atoms with E-state index in [2.05, 4.69) is 4.52 Å². The van der Waals surface area contributed by atoms with Gasteiger partial charge in [0.05, 0.1) is 6.07 Å². The number of aromatic nitrogens is 1. The molecule has 0 aromatic carbocycles. The predicted molar refractivity (Wildman–Crippen MR) is 24.3 cm³/mol. The maximum absolute atomic E-state index is 10.1. The summed E-state index contributed by atoms with van der Waals surface area (Å²) in [6.45, 7) is 0. The molecule has 0 spiro atoms. The van der Waals surface area contributed by atoms with Crippen LogP contribution in [-0.2, 0) is 0 Å². The summed E-state index contributed by atoms with van der Waals surface area (Å²) in [5.41, 5.74) is -0.315. The van der Waals surface area contributed by atoms with E-state index in [4.69, 9.17) is 11.6 Å². The molecule has 0 atom stereocenters. The van der Waals surface area contributed by atoms with Crippen LogP contribution in [0.5, 0.6) is 0 Å². The summed E-state index contributed by atoms with van der Waals surface area (Å²) in [6, 6.07) is 1.15. The number of hydrogen-bond donors (Lipinski definition) is 1. The Morgan fingerprint density at radius 1 is 1.86 bits per heavy atom. The van der Waals surface area contributed by atoms with Crippen LogP contribution in [0.3, 0.4) is 0 Å². The topological polar surface area (TPSA) is 46.0 Å². The summed E-state index contributed by atoms with van der Waals surface area (Å²) in [5.74, 6) is 0. The first-order valence-corrected chi connectivity index (χ1v) is 2.01. The Morgan fingerprint density at radius 3 is 2.71 bits per heavy atom. The van der Waals surface area contributed by atoms with Gasteiger partial charge in [0, 0.05) is 0 Å². The van der Waals surface area contributed by atoms with E-state index in [1.165, 1.54) is 0 Å². The maximum Gasteiger partial charge on any atom is 0.281 e. The average Bonchev–Trinajstić information content (AvgIpc) is 1.87. The van der Waals surface area contributed by atoms with Crippen LogP contribution in [0, 0.1) is 0 Å². The lowest BCUT2D eigenvalue weighted by molar-refractivity contribution is 0.415. The van der Waals surface area contributed by atoms with Gasteiger partial charge in [-0.25, -0.2) is 0 Å². The molecule has 7 heavy (non-hydrogen) atoms. The maximum atomic E-state index is 10.1. The number of halogens is 1. The molecule has 0 saturated carbocycles. The molecule has 1 N–H and O–H groups in total. The van der Waals surface area contributed by atoms with Crippen molar-refractivity contribution in [3.63, 3.8) is 0 Å².